The Morgan fingerprint density at radius 1 is 1.19 bits per heavy atom. The van der Waals surface area contributed by atoms with Gasteiger partial charge in [0.15, 0.2) is 17.3 Å². The van der Waals surface area contributed by atoms with Gasteiger partial charge >= 0.3 is 0 Å². The number of amides is 1. The fourth-order valence-electron chi connectivity index (χ4n) is 6.37. The number of anilines is 2. The topological polar surface area (TPSA) is 61.8 Å². The summed E-state index contributed by atoms with van der Waals surface area (Å²) >= 11 is 0. The normalized spacial score (nSPS) is 19.9. The van der Waals surface area contributed by atoms with Gasteiger partial charge in [-0.15, -0.1) is 0 Å². The van der Waals surface area contributed by atoms with Gasteiger partial charge in [-0.05, 0) is 50.8 Å². The molecule has 1 aliphatic carbocycles. The van der Waals surface area contributed by atoms with E-state index in [0.29, 0.717) is 29.1 Å². The molecule has 8 heteroatoms. The SMILES string of the molecule is CCN(C(=O)C(C)C)c1cc(F)ccc1Oc1cncnc1N1CC2(CCN(CC3CCCCC3)C2)C1. The lowest BCUT2D eigenvalue weighted by Gasteiger charge is -2.49. The lowest BCUT2D eigenvalue weighted by molar-refractivity contribution is -0.121. The Hall–Kier alpha value is -2.74. The summed E-state index contributed by atoms with van der Waals surface area (Å²) in [5.41, 5.74) is 0.742. The van der Waals surface area contributed by atoms with Gasteiger partial charge in [-0.2, -0.15) is 0 Å². The molecule has 1 aromatic heterocycles. The average molecular weight is 510 g/mol. The zero-order valence-electron chi connectivity index (χ0n) is 22.5. The Bertz CT molecular complexity index is 1100. The molecular formula is C29H40FN5O2. The highest BCUT2D eigenvalue weighted by Gasteiger charge is 2.48. The predicted molar refractivity (Wildman–Crippen MR) is 144 cm³/mol. The van der Waals surface area contributed by atoms with E-state index in [1.165, 1.54) is 63.7 Å². The van der Waals surface area contributed by atoms with Gasteiger partial charge in [0.2, 0.25) is 5.91 Å². The first kappa shape index (κ1) is 25.9. The summed E-state index contributed by atoms with van der Waals surface area (Å²) < 4.78 is 20.5. The number of carbonyl (C=O) groups is 1. The van der Waals surface area contributed by atoms with E-state index in [9.17, 15) is 9.18 Å². The number of rotatable bonds is 8. The Labute approximate surface area is 220 Å². The van der Waals surface area contributed by atoms with Gasteiger partial charge in [-0.25, -0.2) is 14.4 Å². The van der Waals surface area contributed by atoms with Crippen molar-refractivity contribution in [1.82, 2.24) is 14.9 Å². The number of hydrogen-bond acceptors (Lipinski definition) is 6. The molecule has 2 aromatic rings. The minimum atomic E-state index is -0.411. The second kappa shape index (κ2) is 10.9. The van der Waals surface area contributed by atoms with Crippen LogP contribution in [0, 0.1) is 23.1 Å². The minimum absolute atomic E-state index is 0.0776. The van der Waals surface area contributed by atoms with Crippen LogP contribution in [-0.2, 0) is 4.79 Å². The molecule has 1 amide bonds. The number of aromatic nitrogens is 2. The molecule has 0 radical (unpaired) electrons. The van der Waals surface area contributed by atoms with Crippen molar-refractivity contribution < 1.29 is 13.9 Å². The molecule has 0 atom stereocenters. The third-order valence-corrected chi connectivity index (χ3v) is 8.28. The van der Waals surface area contributed by atoms with Crippen molar-refractivity contribution in [3.05, 3.63) is 36.5 Å². The molecule has 0 bridgehead atoms. The molecule has 3 fully saturated rings. The van der Waals surface area contributed by atoms with E-state index in [2.05, 4.69) is 19.8 Å². The van der Waals surface area contributed by atoms with Crippen LogP contribution in [-0.4, -0.2) is 60.0 Å². The first-order valence-electron chi connectivity index (χ1n) is 13.9. The lowest BCUT2D eigenvalue weighted by atomic mass is 9.79. The second-order valence-corrected chi connectivity index (χ2v) is 11.5. The van der Waals surface area contributed by atoms with Crippen molar-refractivity contribution in [3.8, 4) is 11.5 Å². The summed E-state index contributed by atoms with van der Waals surface area (Å²) in [7, 11) is 0. The largest absolute Gasteiger partial charge is 0.450 e. The highest BCUT2D eigenvalue weighted by molar-refractivity contribution is 5.96. The first-order valence-corrected chi connectivity index (χ1v) is 13.9. The van der Waals surface area contributed by atoms with E-state index in [1.807, 2.05) is 20.8 Å². The molecule has 200 valence electrons. The van der Waals surface area contributed by atoms with Crippen molar-refractivity contribution in [2.24, 2.45) is 17.3 Å². The summed E-state index contributed by atoms with van der Waals surface area (Å²) in [6.07, 6.45) is 11.4. The van der Waals surface area contributed by atoms with Gasteiger partial charge in [0.05, 0.1) is 11.9 Å². The Morgan fingerprint density at radius 3 is 2.70 bits per heavy atom. The van der Waals surface area contributed by atoms with Crippen LogP contribution in [0.4, 0.5) is 15.9 Å². The summed E-state index contributed by atoms with van der Waals surface area (Å²) in [6, 6.07) is 4.30. The molecule has 2 saturated heterocycles. The maximum atomic E-state index is 14.2. The molecule has 3 aliphatic rings. The van der Waals surface area contributed by atoms with Crippen LogP contribution in [0.1, 0.15) is 59.3 Å². The Kier molecular flexibility index (Phi) is 7.65. The van der Waals surface area contributed by atoms with Crippen molar-refractivity contribution in [2.75, 3.05) is 49.1 Å². The molecule has 7 nitrogen and oxygen atoms in total. The van der Waals surface area contributed by atoms with Gasteiger partial charge in [-0.1, -0.05) is 33.1 Å². The number of carbonyl (C=O) groups excluding carboxylic acids is 1. The van der Waals surface area contributed by atoms with Crippen LogP contribution in [0.5, 0.6) is 11.5 Å². The van der Waals surface area contributed by atoms with E-state index >= 15 is 0 Å². The molecule has 1 aromatic carbocycles. The molecule has 0 unspecified atom stereocenters. The van der Waals surface area contributed by atoms with Gasteiger partial charge in [0, 0.05) is 50.1 Å². The summed E-state index contributed by atoms with van der Waals surface area (Å²) in [6.45, 7) is 11.5. The zero-order valence-corrected chi connectivity index (χ0v) is 22.5. The standard InChI is InChI=1S/C29H40FN5O2/c1-4-35(28(36)21(2)3)24-14-23(30)10-11-25(24)37-26-15-31-20-32-27(26)34-18-29(19-34)12-13-33(17-29)16-22-8-6-5-7-9-22/h10-11,14-15,20-22H,4-9,12-13,16-19H2,1-3H3. The Balaban J connectivity index is 1.29. The molecule has 0 N–H and O–H groups in total. The second-order valence-electron chi connectivity index (χ2n) is 11.5. The van der Waals surface area contributed by atoms with Crippen LogP contribution in [0.25, 0.3) is 0 Å². The van der Waals surface area contributed by atoms with Gasteiger partial charge < -0.3 is 19.4 Å². The number of benzene rings is 1. The van der Waals surface area contributed by atoms with Crippen LogP contribution in [0.2, 0.25) is 0 Å². The van der Waals surface area contributed by atoms with Crippen molar-refractivity contribution >= 4 is 17.4 Å². The lowest BCUT2D eigenvalue weighted by Crippen LogP contribution is -2.58. The smallest absolute Gasteiger partial charge is 0.229 e. The van der Waals surface area contributed by atoms with Crippen LogP contribution in [0.3, 0.4) is 0 Å². The molecular weight excluding hydrogens is 469 g/mol. The van der Waals surface area contributed by atoms with Crippen molar-refractivity contribution in [1.29, 1.82) is 0 Å². The van der Waals surface area contributed by atoms with Crippen molar-refractivity contribution in [2.45, 2.75) is 59.3 Å². The van der Waals surface area contributed by atoms with E-state index in [1.54, 1.807) is 23.5 Å². The van der Waals surface area contributed by atoms with Crippen LogP contribution in [0.15, 0.2) is 30.7 Å². The first-order chi connectivity index (χ1) is 17.9. The number of likely N-dealkylation sites (tertiary alicyclic amines) is 1. The quantitative estimate of drug-likeness (QED) is 0.468. The van der Waals surface area contributed by atoms with E-state index in [4.69, 9.17) is 4.74 Å². The third-order valence-electron chi connectivity index (χ3n) is 8.28. The maximum Gasteiger partial charge on any atom is 0.229 e. The third kappa shape index (κ3) is 5.59. The van der Waals surface area contributed by atoms with Gasteiger partial charge in [-0.3, -0.25) is 4.79 Å². The highest BCUT2D eigenvalue weighted by Crippen LogP contribution is 2.45. The fraction of sp³-hybridized carbons (Fsp3) is 0.621. The van der Waals surface area contributed by atoms with Crippen LogP contribution >= 0.6 is 0 Å². The summed E-state index contributed by atoms with van der Waals surface area (Å²) in [4.78, 5) is 28.1. The molecule has 1 spiro atoms. The number of nitrogens with zero attached hydrogens (tertiary/aromatic N) is 5. The minimum Gasteiger partial charge on any atom is -0.450 e. The molecule has 2 aliphatic heterocycles. The van der Waals surface area contributed by atoms with Gasteiger partial charge in [0.1, 0.15) is 12.1 Å². The highest BCUT2D eigenvalue weighted by atomic mass is 19.1. The number of ether oxygens (including phenoxy) is 1. The number of halogens is 1. The van der Waals surface area contributed by atoms with E-state index in [-0.39, 0.29) is 11.8 Å². The van der Waals surface area contributed by atoms with Crippen LogP contribution < -0.4 is 14.5 Å². The number of hydrogen-bond donors (Lipinski definition) is 0. The van der Waals surface area contributed by atoms with E-state index in [0.717, 1.165) is 31.4 Å². The Morgan fingerprint density at radius 2 is 1.97 bits per heavy atom. The maximum absolute atomic E-state index is 14.2. The fourth-order valence-corrected chi connectivity index (χ4v) is 6.37. The monoisotopic (exact) mass is 509 g/mol. The van der Waals surface area contributed by atoms with Crippen molar-refractivity contribution in [3.63, 3.8) is 0 Å². The zero-order chi connectivity index (χ0) is 26.0. The molecule has 1 saturated carbocycles. The average Bonchev–Trinajstić information content (AvgIpc) is 3.30. The predicted octanol–water partition coefficient (Wildman–Crippen LogP) is 5.51. The molecule has 3 heterocycles. The molecule has 5 rings (SSSR count). The summed E-state index contributed by atoms with van der Waals surface area (Å²) in [5.74, 6) is 1.86. The van der Waals surface area contributed by atoms with Gasteiger partial charge in [0.25, 0.3) is 0 Å². The van der Waals surface area contributed by atoms with E-state index < -0.39 is 5.82 Å². The molecule has 37 heavy (non-hydrogen) atoms. The summed E-state index contributed by atoms with van der Waals surface area (Å²) in [5, 5.41) is 0.